The van der Waals surface area contributed by atoms with Crippen LogP contribution in [0, 0.1) is 33.1 Å². The van der Waals surface area contributed by atoms with Crippen LogP contribution >= 0.6 is 0 Å². The van der Waals surface area contributed by atoms with Crippen molar-refractivity contribution in [3.05, 3.63) is 60.3 Å². The van der Waals surface area contributed by atoms with Crippen molar-refractivity contribution in [3.63, 3.8) is 0 Å². The summed E-state index contributed by atoms with van der Waals surface area (Å²) in [6, 6.07) is 4.26. The molecule has 1 atom stereocenters. The molecule has 0 spiro atoms. The Labute approximate surface area is 239 Å². The molecule has 42 heavy (non-hydrogen) atoms. The van der Waals surface area contributed by atoms with E-state index in [1.165, 1.54) is 27.0 Å². The van der Waals surface area contributed by atoms with Gasteiger partial charge in [0.15, 0.2) is 11.3 Å². The second kappa shape index (κ2) is 12.7. The minimum absolute atomic E-state index is 0.0126. The zero-order valence-electron chi connectivity index (χ0n) is 23.2. The van der Waals surface area contributed by atoms with E-state index in [-0.39, 0.29) is 48.8 Å². The minimum Gasteiger partial charge on any atom is -0.493 e. The molecule has 0 amide bonds. The van der Waals surface area contributed by atoms with Crippen molar-refractivity contribution in [1.29, 1.82) is 0 Å². The Balaban J connectivity index is 1.65. The SMILES string of the molecule is CCCc1nc(C)c2c(=O)[nH]c(-c3cc(S(=O)(=O)N4CCC([C@H](CO[N+](=O)[O-])O[N+](=O)[O-])CC4)ccc3OCC)nn12. The normalized spacial score (nSPS) is 15.4. The maximum absolute atomic E-state index is 13.7. The Hall–Kier alpha value is -4.32. The number of H-pyrrole nitrogens is 1. The fourth-order valence-corrected chi connectivity index (χ4v) is 6.51. The van der Waals surface area contributed by atoms with E-state index in [0.717, 1.165) is 6.42 Å². The molecular formula is C24H31N7O10S. The highest BCUT2D eigenvalue weighted by atomic mass is 32.2. The van der Waals surface area contributed by atoms with Gasteiger partial charge in [-0.3, -0.25) is 4.79 Å². The summed E-state index contributed by atoms with van der Waals surface area (Å²) in [5, 5.41) is 23.9. The largest absolute Gasteiger partial charge is 0.493 e. The lowest BCUT2D eigenvalue weighted by molar-refractivity contribution is -0.791. The van der Waals surface area contributed by atoms with Gasteiger partial charge in [-0.25, -0.2) is 17.9 Å². The Kier molecular flexibility index (Phi) is 9.25. The molecule has 1 aliphatic rings. The molecule has 1 N–H and O–H groups in total. The lowest BCUT2D eigenvalue weighted by Gasteiger charge is -2.34. The van der Waals surface area contributed by atoms with E-state index in [0.29, 0.717) is 29.2 Å². The Morgan fingerprint density at radius 1 is 1.17 bits per heavy atom. The molecular weight excluding hydrogens is 578 g/mol. The Morgan fingerprint density at radius 3 is 2.50 bits per heavy atom. The highest BCUT2D eigenvalue weighted by Crippen LogP contribution is 2.33. The predicted octanol–water partition coefficient (Wildman–Crippen LogP) is 1.93. The number of fused-ring (bicyclic) bond motifs is 1. The molecule has 3 heterocycles. The zero-order valence-corrected chi connectivity index (χ0v) is 24.0. The third-order valence-corrected chi connectivity index (χ3v) is 8.84. The molecule has 17 nitrogen and oxygen atoms in total. The van der Waals surface area contributed by atoms with E-state index < -0.39 is 44.4 Å². The fourth-order valence-electron chi connectivity index (χ4n) is 5.01. The van der Waals surface area contributed by atoms with E-state index in [9.17, 15) is 33.4 Å². The number of piperidine rings is 1. The van der Waals surface area contributed by atoms with Crippen LogP contribution in [0.15, 0.2) is 27.9 Å². The first-order valence-corrected chi connectivity index (χ1v) is 14.7. The quantitative estimate of drug-likeness (QED) is 0.217. The third-order valence-electron chi connectivity index (χ3n) is 6.95. The van der Waals surface area contributed by atoms with Gasteiger partial charge in [-0.15, -0.1) is 25.3 Å². The first-order valence-electron chi connectivity index (χ1n) is 13.3. The fraction of sp³-hybridized carbons (Fsp3) is 0.542. The number of aromatic nitrogens is 4. The summed E-state index contributed by atoms with van der Waals surface area (Å²) < 4.78 is 35.7. The summed E-state index contributed by atoms with van der Waals surface area (Å²) in [5.41, 5.74) is 0.656. The van der Waals surface area contributed by atoms with Gasteiger partial charge in [-0.05, 0) is 57.2 Å². The monoisotopic (exact) mass is 609 g/mol. The first-order chi connectivity index (χ1) is 20.0. The maximum atomic E-state index is 13.7. The van der Waals surface area contributed by atoms with Crippen LogP contribution in [0.5, 0.6) is 5.75 Å². The van der Waals surface area contributed by atoms with E-state index >= 15 is 0 Å². The summed E-state index contributed by atoms with van der Waals surface area (Å²) in [6.45, 7) is 5.06. The van der Waals surface area contributed by atoms with Gasteiger partial charge in [0.1, 0.15) is 24.3 Å². The van der Waals surface area contributed by atoms with Crippen molar-refractivity contribution >= 4 is 15.5 Å². The topological polar surface area (TPSA) is 214 Å². The number of nitrogens with zero attached hydrogens (tertiary/aromatic N) is 6. The number of hydrogen-bond acceptors (Lipinski definition) is 12. The van der Waals surface area contributed by atoms with Crippen LogP contribution in [0.3, 0.4) is 0 Å². The highest BCUT2D eigenvalue weighted by Gasteiger charge is 2.35. The lowest BCUT2D eigenvalue weighted by Crippen LogP contribution is -2.43. The summed E-state index contributed by atoms with van der Waals surface area (Å²) in [6.07, 6.45) is 0.426. The van der Waals surface area contributed by atoms with Gasteiger partial charge in [0, 0.05) is 19.5 Å². The maximum Gasteiger partial charge on any atom is 0.294 e. The van der Waals surface area contributed by atoms with Crippen molar-refractivity contribution in [2.75, 3.05) is 26.3 Å². The van der Waals surface area contributed by atoms with Crippen molar-refractivity contribution in [1.82, 2.24) is 23.9 Å². The van der Waals surface area contributed by atoms with Gasteiger partial charge in [-0.2, -0.15) is 4.31 Å². The molecule has 1 fully saturated rings. The summed E-state index contributed by atoms with van der Waals surface area (Å²) in [5.74, 6) is 0.476. The Bertz CT molecular complexity index is 1630. The van der Waals surface area contributed by atoms with Gasteiger partial charge in [0.05, 0.1) is 22.8 Å². The zero-order chi connectivity index (χ0) is 30.6. The summed E-state index contributed by atoms with van der Waals surface area (Å²) in [4.78, 5) is 50.5. The third kappa shape index (κ3) is 6.43. The number of hydrogen-bond donors (Lipinski definition) is 1. The number of imidazole rings is 1. The molecule has 2 aromatic heterocycles. The van der Waals surface area contributed by atoms with E-state index in [1.807, 2.05) is 6.92 Å². The number of ether oxygens (including phenoxy) is 1. The van der Waals surface area contributed by atoms with Crippen molar-refractivity contribution in [2.45, 2.75) is 57.5 Å². The average molecular weight is 610 g/mol. The minimum atomic E-state index is -4.06. The lowest BCUT2D eigenvalue weighted by atomic mass is 9.92. The van der Waals surface area contributed by atoms with Crippen LogP contribution in [0.1, 0.15) is 44.6 Å². The molecule has 0 unspecified atom stereocenters. The van der Waals surface area contributed by atoms with Crippen molar-refractivity contribution in [2.24, 2.45) is 5.92 Å². The molecule has 1 aromatic carbocycles. The van der Waals surface area contributed by atoms with Crippen molar-refractivity contribution < 1.29 is 33.0 Å². The van der Waals surface area contributed by atoms with Gasteiger partial charge in [0.2, 0.25) is 10.0 Å². The number of rotatable bonds is 13. The second-order valence-electron chi connectivity index (χ2n) is 9.65. The van der Waals surface area contributed by atoms with Crippen LogP contribution in [0.4, 0.5) is 0 Å². The molecule has 0 bridgehead atoms. The molecule has 0 radical (unpaired) electrons. The molecule has 0 saturated carbocycles. The van der Waals surface area contributed by atoms with Crippen LogP contribution < -0.4 is 10.3 Å². The van der Waals surface area contributed by atoms with Gasteiger partial charge in [-0.1, -0.05) is 6.92 Å². The summed E-state index contributed by atoms with van der Waals surface area (Å²) in [7, 11) is -4.06. The second-order valence-corrected chi connectivity index (χ2v) is 11.6. The molecule has 1 saturated heterocycles. The molecule has 1 aliphatic heterocycles. The first kappa shape index (κ1) is 30.6. The van der Waals surface area contributed by atoms with Crippen LogP contribution in [-0.2, 0) is 26.1 Å². The van der Waals surface area contributed by atoms with Crippen molar-refractivity contribution in [3.8, 4) is 17.1 Å². The highest BCUT2D eigenvalue weighted by molar-refractivity contribution is 7.89. The smallest absolute Gasteiger partial charge is 0.294 e. The number of benzene rings is 1. The molecule has 3 aromatic rings. The molecule has 4 rings (SSSR count). The number of sulfonamides is 1. The number of aromatic amines is 1. The van der Waals surface area contributed by atoms with E-state index in [2.05, 4.69) is 24.7 Å². The van der Waals surface area contributed by atoms with Crippen LogP contribution in [0.25, 0.3) is 16.9 Å². The molecule has 0 aliphatic carbocycles. The average Bonchev–Trinajstić information content (AvgIpc) is 3.26. The van der Waals surface area contributed by atoms with E-state index in [4.69, 9.17) is 4.74 Å². The summed E-state index contributed by atoms with van der Waals surface area (Å²) >= 11 is 0. The van der Waals surface area contributed by atoms with E-state index in [1.54, 1.807) is 13.8 Å². The predicted molar refractivity (Wildman–Crippen MR) is 145 cm³/mol. The van der Waals surface area contributed by atoms with Gasteiger partial charge >= 0.3 is 0 Å². The van der Waals surface area contributed by atoms with Crippen LogP contribution in [0.2, 0.25) is 0 Å². The number of nitrogens with one attached hydrogen (secondary N) is 1. The standard InChI is InChI=1S/C24H31N7O10S/c1-4-6-21-25-15(3)22-24(32)26-23(27-29(21)22)18-13-17(7-8-19(18)39-5-2)42(37,38)28-11-9-16(10-12-28)20(41-31(35)36)14-40-30(33)34/h7-8,13,16,20H,4-6,9-12,14H2,1-3H3,(H,26,27,32)/t20-/m0/s1. The number of aryl methyl sites for hydroxylation is 2. The Morgan fingerprint density at radius 2 is 1.88 bits per heavy atom. The van der Waals surface area contributed by atoms with Crippen LogP contribution in [-0.4, -0.2) is 74.9 Å². The molecule has 18 heteroatoms. The molecule has 228 valence electrons. The van der Waals surface area contributed by atoms with Gasteiger partial charge < -0.3 is 19.4 Å². The van der Waals surface area contributed by atoms with Gasteiger partial charge in [0.25, 0.3) is 15.7 Å².